The Labute approximate surface area is 117 Å². The van der Waals surface area contributed by atoms with Gasteiger partial charge in [-0.25, -0.2) is 4.79 Å². The molecular formula is C13H10F3N3O2. The maximum absolute atomic E-state index is 12.3. The standard InChI is InChI=1S/C13H10F3N3O2/c1-7-6-8(2-3-9(7)12(20)21)17-11-5-4-10(18-19-11)13(14,15)16/h2-6H,1H3,(H,17,19)(H,20,21). The van der Waals surface area contributed by atoms with E-state index in [2.05, 4.69) is 15.5 Å². The van der Waals surface area contributed by atoms with E-state index in [9.17, 15) is 18.0 Å². The lowest BCUT2D eigenvalue weighted by Gasteiger charge is -2.09. The van der Waals surface area contributed by atoms with E-state index in [-0.39, 0.29) is 11.4 Å². The SMILES string of the molecule is Cc1cc(Nc2ccc(C(F)(F)F)nn2)ccc1C(=O)O. The van der Waals surface area contributed by atoms with Crippen LogP contribution in [0.15, 0.2) is 30.3 Å². The first-order valence-electron chi connectivity index (χ1n) is 5.79. The number of benzene rings is 1. The minimum Gasteiger partial charge on any atom is -0.478 e. The minimum absolute atomic E-state index is 0.130. The van der Waals surface area contributed by atoms with Gasteiger partial charge in [0.15, 0.2) is 11.5 Å². The number of aryl methyl sites for hydroxylation is 1. The number of hydrogen-bond donors (Lipinski definition) is 2. The number of carbonyl (C=O) groups is 1. The molecule has 0 spiro atoms. The Morgan fingerprint density at radius 3 is 2.38 bits per heavy atom. The van der Waals surface area contributed by atoms with Gasteiger partial charge in [0, 0.05) is 5.69 Å². The summed E-state index contributed by atoms with van der Waals surface area (Å²) in [5, 5.41) is 18.2. The summed E-state index contributed by atoms with van der Waals surface area (Å²) < 4.78 is 37.0. The van der Waals surface area contributed by atoms with Gasteiger partial charge in [-0.15, -0.1) is 10.2 Å². The number of hydrogen-bond acceptors (Lipinski definition) is 4. The third-order valence-electron chi connectivity index (χ3n) is 2.68. The van der Waals surface area contributed by atoms with Gasteiger partial charge in [0.05, 0.1) is 5.56 Å². The molecule has 110 valence electrons. The summed E-state index contributed by atoms with van der Waals surface area (Å²) in [6.07, 6.45) is -4.54. The Bertz CT molecular complexity index is 669. The number of aromatic carboxylic acids is 1. The van der Waals surface area contributed by atoms with Crippen molar-refractivity contribution in [1.82, 2.24) is 10.2 Å². The predicted octanol–water partition coefficient (Wildman–Crippen LogP) is 3.25. The van der Waals surface area contributed by atoms with E-state index in [4.69, 9.17) is 5.11 Å². The van der Waals surface area contributed by atoms with Crippen molar-refractivity contribution in [2.45, 2.75) is 13.1 Å². The van der Waals surface area contributed by atoms with E-state index in [0.717, 1.165) is 12.1 Å². The fourth-order valence-corrected chi connectivity index (χ4v) is 1.68. The van der Waals surface area contributed by atoms with Crippen LogP contribution in [0.4, 0.5) is 24.7 Å². The van der Waals surface area contributed by atoms with E-state index in [1.807, 2.05) is 0 Å². The van der Waals surface area contributed by atoms with Crippen LogP contribution in [0, 0.1) is 6.92 Å². The predicted molar refractivity (Wildman–Crippen MR) is 68.5 cm³/mol. The Morgan fingerprint density at radius 1 is 1.19 bits per heavy atom. The van der Waals surface area contributed by atoms with Crippen LogP contribution in [-0.2, 0) is 6.18 Å². The van der Waals surface area contributed by atoms with Crippen molar-refractivity contribution in [1.29, 1.82) is 0 Å². The molecule has 0 aliphatic carbocycles. The van der Waals surface area contributed by atoms with Gasteiger partial charge in [0.1, 0.15) is 0 Å². The number of carboxylic acids is 1. The zero-order chi connectivity index (χ0) is 15.6. The largest absolute Gasteiger partial charge is 0.478 e. The lowest BCUT2D eigenvalue weighted by molar-refractivity contribution is -0.141. The molecule has 0 fully saturated rings. The zero-order valence-electron chi connectivity index (χ0n) is 10.8. The monoisotopic (exact) mass is 297 g/mol. The Kier molecular flexibility index (Phi) is 3.79. The number of aromatic nitrogens is 2. The molecule has 0 radical (unpaired) electrons. The van der Waals surface area contributed by atoms with Crippen molar-refractivity contribution in [3.05, 3.63) is 47.2 Å². The number of rotatable bonds is 3. The second kappa shape index (κ2) is 5.39. The summed E-state index contributed by atoms with van der Waals surface area (Å²) in [6, 6.07) is 6.42. The van der Waals surface area contributed by atoms with Crippen LogP contribution in [0.25, 0.3) is 0 Å². The van der Waals surface area contributed by atoms with Crippen molar-refractivity contribution in [2.75, 3.05) is 5.32 Å². The molecule has 0 unspecified atom stereocenters. The van der Waals surface area contributed by atoms with E-state index < -0.39 is 17.8 Å². The van der Waals surface area contributed by atoms with Gasteiger partial charge < -0.3 is 10.4 Å². The van der Waals surface area contributed by atoms with Crippen molar-refractivity contribution >= 4 is 17.5 Å². The Hall–Kier alpha value is -2.64. The average Bonchev–Trinajstić information content (AvgIpc) is 2.38. The summed E-state index contributed by atoms with van der Waals surface area (Å²) in [4.78, 5) is 10.9. The van der Waals surface area contributed by atoms with Crippen LogP contribution >= 0.6 is 0 Å². The second-order valence-electron chi connectivity index (χ2n) is 4.26. The van der Waals surface area contributed by atoms with E-state index in [0.29, 0.717) is 11.3 Å². The molecule has 1 aromatic heterocycles. The van der Waals surface area contributed by atoms with E-state index in [1.54, 1.807) is 13.0 Å². The molecule has 1 aromatic carbocycles. The Balaban J connectivity index is 2.19. The van der Waals surface area contributed by atoms with E-state index in [1.165, 1.54) is 12.1 Å². The van der Waals surface area contributed by atoms with Crippen LogP contribution in [0.2, 0.25) is 0 Å². The molecule has 2 rings (SSSR count). The first-order chi connectivity index (χ1) is 9.77. The van der Waals surface area contributed by atoms with Gasteiger partial charge >= 0.3 is 12.1 Å². The molecule has 1 heterocycles. The molecule has 0 atom stereocenters. The lowest BCUT2D eigenvalue weighted by atomic mass is 10.1. The van der Waals surface area contributed by atoms with Gasteiger partial charge in [-0.1, -0.05) is 0 Å². The van der Waals surface area contributed by atoms with Crippen molar-refractivity contribution < 1.29 is 23.1 Å². The number of carboxylic acid groups (broad SMARTS) is 1. The second-order valence-corrected chi connectivity index (χ2v) is 4.26. The highest BCUT2D eigenvalue weighted by Crippen LogP contribution is 2.27. The maximum atomic E-state index is 12.3. The lowest BCUT2D eigenvalue weighted by Crippen LogP contribution is -2.09. The summed E-state index contributed by atoms with van der Waals surface area (Å²) in [5.74, 6) is -0.918. The van der Waals surface area contributed by atoms with Gasteiger partial charge in [-0.2, -0.15) is 13.2 Å². The molecule has 21 heavy (non-hydrogen) atoms. The highest BCUT2D eigenvalue weighted by atomic mass is 19.4. The van der Waals surface area contributed by atoms with Crippen LogP contribution in [0.5, 0.6) is 0 Å². The van der Waals surface area contributed by atoms with E-state index >= 15 is 0 Å². The molecule has 0 aliphatic rings. The minimum atomic E-state index is -4.54. The van der Waals surface area contributed by atoms with Gasteiger partial charge in [0.2, 0.25) is 0 Å². The third-order valence-corrected chi connectivity index (χ3v) is 2.68. The molecule has 5 nitrogen and oxygen atoms in total. The summed E-state index contributed by atoms with van der Waals surface area (Å²) in [7, 11) is 0. The van der Waals surface area contributed by atoms with Gasteiger partial charge in [0.25, 0.3) is 0 Å². The highest BCUT2D eigenvalue weighted by molar-refractivity contribution is 5.90. The first-order valence-corrected chi connectivity index (χ1v) is 5.79. The average molecular weight is 297 g/mol. The van der Waals surface area contributed by atoms with Gasteiger partial charge in [-0.05, 0) is 42.8 Å². The topological polar surface area (TPSA) is 75.1 Å². The normalized spacial score (nSPS) is 11.2. The molecule has 0 aliphatic heterocycles. The van der Waals surface area contributed by atoms with Crippen LogP contribution in [-0.4, -0.2) is 21.3 Å². The summed E-state index contributed by atoms with van der Waals surface area (Å²) >= 11 is 0. The van der Waals surface area contributed by atoms with Crippen LogP contribution < -0.4 is 5.32 Å². The Morgan fingerprint density at radius 2 is 1.90 bits per heavy atom. The smallest absolute Gasteiger partial charge is 0.435 e. The number of alkyl halides is 3. The number of anilines is 2. The van der Waals surface area contributed by atoms with Crippen molar-refractivity contribution in [2.24, 2.45) is 0 Å². The van der Waals surface area contributed by atoms with Crippen molar-refractivity contribution in [3.8, 4) is 0 Å². The molecule has 0 saturated carbocycles. The van der Waals surface area contributed by atoms with Crippen molar-refractivity contribution in [3.63, 3.8) is 0 Å². The van der Waals surface area contributed by atoms with Crippen LogP contribution in [0.3, 0.4) is 0 Å². The molecule has 0 amide bonds. The zero-order valence-corrected chi connectivity index (χ0v) is 10.8. The van der Waals surface area contributed by atoms with Gasteiger partial charge in [-0.3, -0.25) is 0 Å². The maximum Gasteiger partial charge on any atom is 0.435 e. The molecule has 0 saturated heterocycles. The third kappa shape index (κ3) is 3.47. The quantitative estimate of drug-likeness (QED) is 0.909. The fraction of sp³-hybridized carbons (Fsp3) is 0.154. The number of halogens is 3. The fourth-order valence-electron chi connectivity index (χ4n) is 1.68. The number of nitrogens with one attached hydrogen (secondary N) is 1. The highest BCUT2D eigenvalue weighted by Gasteiger charge is 2.32. The molecule has 2 N–H and O–H groups in total. The molecule has 2 aromatic rings. The first kappa shape index (κ1) is 14.8. The molecular weight excluding hydrogens is 287 g/mol. The molecule has 8 heteroatoms. The summed E-state index contributed by atoms with van der Waals surface area (Å²) in [6.45, 7) is 1.62. The molecule has 0 bridgehead atoms. The summed E-state index contributed by atoms with van der Waals surface area (Å²) in [5.41, 5.74) is 0.100. The number of nitrogens with zero attached hydrogens (tertiary/aromatic N) is 2. The van der Waals surface area contributed by atoms with Crippen LogP contribution in [0.1, 0.15) is 21.6 Å².